The lowest BCUT2D eigenvalue weighted by Gasteiger charge is -2.11. The van der Waals surface area contributed by atoms with Crippen molar-refractivity contribution in [1.29, 1.82) is 0 Å². The molecule has 0 atom stereocenters. The maximum atomic E-state index is 11.5. The first-order chi connectivity index (χ1) is 6.20. The number of hydrogen-bond donors (Lipinski definition) is 0. The van der Waals surface area contributed by atoms with E-state index in [9.17, 15) is 4.79 Å². The third-order valence-electron chi connectivity index (χ3n) is 2.39. The summed E-state index contributed by atoms with van der Waals surface area (Å²) in [5, 5.41) is 0. The molecule has 1 aromatic rings. The fourth-order valence-corrected chi connectivity index (χ4v) is 1.60. The first-order valence-electron chi connectivity index (χ1n) is 4.90. The molecule has 2 heteroatoms. The van der Waals surface area contributed by atoms with E-state index in [4.69, 9.17) is 0 Å². The van der Waals surface area contributed by atoms with E-state index in [0.29, 0.717) is 0 Å². The molecule has 72 valence electrons. The molecule has 0 amide bonds. The molecule has 0 aromatic carbocycles. The van der Waals surface area contributed by atoms with E-state index in [1.165, 1.54) is 5.56 Å². The zero-order chi connectivity index (χ0) is 9.84. The van der Waals surface area contributed by atoms with Gasteiger partial charge in [0.2, 0.25) is 0 Å². The Morgan fingerprint density at radius 1 is 1.31 bits per heavy atom. The van der Waals surface area contributed by atoms with Gasteiger partial charge in [-0.15, -0.1) is 0 Å². The number of nitrogens with zero attached hydrogens (tertiary/aromatic N) is 1. The molecule has 0 aliphatic heterocycles. The van der Waals surface area contributed by atoms with E-state index in [1.54, 1.807) is 6.07 Å². The van der Waals surface area contributed by atoms with E-state index in [2.05, 4.69) is 13.8 Å². The Labute approximate surface area is 79.2 Å². The summed E-state index contributed by atoms with van der Waals surface area (Å²) in [6.45, 7) is 7.06. The molecule has 1 heterocycles. The second-order valence-corrected chi connectivity index (χ2v) is 3.29. The molecule has 13 heavy (non-hydrogen) atoms. The number of aromatic nitrogens is 1. The van der Waals surface area contributed by atoms with Crippen LogP contribution in [0.15, 0.2) is 16.9 Å². The van der Waals surface area contributed by atoms with Crippen LogP contribution < -0.4 is 5.56 Å². The summed E-state index contributed by atoms with van der Waals surface area (Å²) in [5.74, 6) is 0. The molecule has 1 rings (SSSR count). The van der Waals surface area contributed by atoms with Crippen LogP contribution in [0.5, 0.6) is 0 Å². The third kappa shape index (κ3) is 2.00. The van der Waals surface area contributed by atoms with Crippen LogP contribution in [-0.2, 0) is 13.0 Å². The highest BCUT2D eigenvalue weighted by Crippen LogP contribution is 2.05. The van der Waals surface area contributed by atoms with Crippen molar-refractivity contribution in [2.75, 3.05) is 0 Å². The van der Waals surface area contributed by atoms with Gasteiger partial charge in [-0.2, -0.15) is 0 Å². The monoisotopic (exact) mass is 179 g/mol. The highest BCUT2D eigenvalue weighted by molar-refractivity contribution is 5.19. The van der Waals surface area contributed by atoms with Gasteiger partial charge in [-0.25, -0.2) is 0 Å². The van der Waals surface area contributed by atoms with E-state index in [0.717, 1.165) is 25.1 Å². The van der Waals surface area contributed by atoms with E-state index >= 15 is 0 Å². The Hall–Kier alpha value is -1.05. The molecule has 0 aliphatic carbocycles. The van der Waals surface area contributed by atoms with E-state index in [-0.39, 0.29) is 5.56 Å². The SMILES string of the molecule is CCCn1c(C)c(CC)ccc1=O. The number of hydrogen-bond acceptors (Lipinski definition) is 1. The van der Waals surface area contributed by atoms with Crippen molar-refractivity contribution in [2.45, 2.75) is 40.2 Å². The third-order valence-corrected chi connectivity index (χ3v) is 2.39. The lowest BCUT2D eigenvalue weighted by molar-refractivity contribution is 0.629. The van der Waals surface area contributed by atoms with Gasteiger partial charge in [0.05, 0.1) is 0 Å². The van der Waals surface area contributed by atoms with Gasteiger partial charge in [0, 0.05) is 18.3 Å². The van der Waals surface area contributed by atoms with Crippen molar-refractivity contribution in [2.24, 2.45) is 0 Å². The van der Waals surface area contributed by atoms with Crippen LogP contribution in [0, 0.1) is 6.92 Å². The highest BCUT2D eigenvalue weighted by Gasteiger charge is 2.02. The molecule has 0 unspecified atom stereocenters. The standard InChI is InChI=1S/C11H17NO/c1-4-8-12-9(3)10(5-2)6-7-11(12)13/h6-7H,4-5,8H2,1-3H3. The van der Waals surface area contributed by atoms with Crippen LogP contribution in [0.4, 0.5) is 0 Å². The molecule has 0 spiro atoms. The average molecular weight is 179 g/mol. The molecular weight excluding hydrogens is 162 g/mol. The van der Waals surface area contributed by atoms with Gasteiger partial charge in [0.15, 0.2) is 0 Å². The van der Waals surface area contributed by atoms with Crippen LogP contribution in [0.2, 0.25) is 0 Å². The summed E-state index contributed by atoms with van der Waals surface area (Å²) in [6, 6.07) is 3.60. The van der Waals surface area contributed by atoms with Crippen LogP contribution in [-0.4, -0.2) is 4.57 Å². The van der Waals surface area contributed by atoms with Crippen molar-refractivity contribution >= 4 is 0 Å². The Balaban J connectivity index is 3.21. The van der Waals surface area contributed by atoms with Gasteiger partial charge in [0.1, 0.15) is 0 Å². The molecule has 0 N–H and O–H groups in total. The largest absolute Gasteiger partial charge is 0.313 e. The molecule has 0 fully saturated rings. The zero-order valence-corrected chi connectivity index (χ0v) is 8.63. The van der Waals surface area contributed by atoms with E-state index in [1.807, 2.05) is 17.6 Å². The molecular formula is C11H17NO. The number of pyridine rings is 1. The molecule has 0 bridgehead atoms. The summed E-state index contributed by atoms with van der Waals surface area (Å²) < 4.78 is 1.86. The minimum absolute atomic E-state index is 0.122. The van der Waals surface area contributed by atoms with Crippen LogP contribution in [0.3, 0.4) is 0 Å². The first-order valence-corrected chi connectivity index (χ1v) is 4.90. The second kappa shape index (κ2) is 4.26. The summed E-state index contributed by atoms with van der Waals surface area (Å²) >= 11 is 0. The molecule has 0 aliphatic rings. The van der Waals surface area contributed by atoms with Gasteiger partial charge in [0.25, 0.3) is 5.56 Å². The predicted molar refractivity (Wildman–Crippen MR) is 55.1 cm³/mol. The molecule has 1 aromatic heterocycles. The smallest absolute Gasteiger partial charge is 0.250 e. The fraction of sp³-hybridized carbons (Fsp3) is 0.545. The Bertz CT molecular complexity index is 338. The maximum Gasteiger partial charge on any atom is 0.250 e. The topological polar surface area (TPSA) is 22.0 Å². The lowest BCUT2D eigenvalue weighted by atomic mass is 10.1. The van der Waals surface area contributed by atoms with Crippen molar-refractivity contribution < 1.29 is 0 Å². The van der Waals surface area contributed by atoms with Gasteiger partial charge >= 0.3 is 0 Å². The molecule has 0 saturated carbocycles. The molecule has 2 nitrogen and oxygen atoms in total. The summed E-state index contributed by atoms with van der Waals surface area (Å²) in [4.78, 5) is 11.5. The van der Waals surface area contributed by atoms with Gasteiger partial charge in [-0.3, -0.25) is 4.79 Å². The normalized spacial score (nSPS) is 10.4. The van der Waals surface area contributed by atoms with Gasteiger partial charge in [-0.1, -0.05) is 19.9 Å². The van der Waals surface area contributed by atoms with Crippen molar-refractivity contribution in [3.8, 4) is 0 Å². The van der Waals surface area contributed by atoms with Gasteiger partial charge < -0.3 is 4.57 Å². The van der Waals surface area contributed by atoms with Crippen LogP contribution in [0.1, 0.15) is 31.5 Å². The quantitative estimate of drug-likeness (QED) is 0.696. The van der Waals surface area contributed by atoms with Crippen LogP contribution in [0.25, 0.3) is 0 Å². The maximum absolute atomic E-state index is 11.5. The van der Waals surface area contributed by atoms with Crippen molar-refractivity contribution in [1.82, 2.24) is 4.57 Å². The summed E-state index contributed by atoms with van der Waals surface area (Å²) in [7, 11) is 0. The Kier molecular flexibility index (Phi) is 3.29. The fourth-order valence-electron chi connectivity index (χ4n) is 1.60. The second-order valence-electron chi connectivity index (χ2n) is 3.29. The zero-order valence-electron chi connectivity index (χ0n) is 8.63. The summed E-state index contributed by atoms with van der Waals surface area (Å²) in [5.41, 5.74) is 2.52. The lowest BCUT2D eigenvalue weighted by Crippen LogP contribution is -2.22. The van der Waals surface area contributed by atoms with Crippen LogP contribution >= 0.6 is 0 Å². The number of rotatable bonds is 3. The Morgan fingerprint density at radius 2 is 2.00 bits per heavy atom. The molecule has 0 saturated heterocycles. The average Bonchev–Trinajstić information content (AvgIpc) is 2.12. The van der Waals surface area contributed by atoms with Gasteiger partial charge in [-0.05, 0) is 25.3 Å². The molecule has 0 radical (unpaired) electrons. The minimum atomic E-state index is 0.122. The van der Waals surface area contributed by atoms with E-state index < -0.39 is 0 Å². The summed E-state index contributed by atoms with van der Waals surface area (Å²) in [6.07, 6.45) is 2.00. The first kappa shape index (κ1) is 10.0. The minimum Gasteiger partial charge on any atom is -0.313 e. The Morgan fingerprint density at radius 3 is 2.54 bits per heavy atom. The highest BCUT2D eigenvalue weighted by atomic mass is 16.1. The van der Waals surface area contributed by atoms with Crippen molar-refractivity contribution in [3.63, 3.8) is 0 Å². The number of aryl methyl sites for hydroxylation is 1. The van der Waals surface area contributed by atoms with Crippen molar-refractivity contribution in [3.05, 3.63) is 33.7 Å². The predicted octanol–water partition coefficient (Wildman–Crippen LogP) is 2.13.